The van der Waals surface area contributed by atoms with E-state index in [0.717, 1.165) is 12.1 Å². The first-order valence-corrected chi connectivity index (χ1v) is 6.49. The second-order valence-electron chi connectivity index (χ2n) is 4.41. The zero-order valence-corrected chi connectivity index (χ0v) is 12.1. The van der Waals surface area contributed by atoms with Gasteiger partial charge in [0.1, 0.15) is 10.8 Å². The summed E-state index contributed by atoms with van der Waals surface area (Å²) in [6.07, 6.45) is 0. The smallest absolute Gasteiger partial charge is 0.337 e. The highest BCUT2D eigenvalue weighted by molar-refractivity contribution is 6.32. The number of aromatic hydroxyl groups is 1. The van der Waals surface area contributed by atoms with Gasteiger partial charge >= 0.3 is 5.97 Å². The van der Waals surface area contributed by atoms with E-state index in [1.165, 1.54) is 24.3 Å². The maximum absolute atomic E-state index is 12.1. The van der Waals surface area contributed by atoms with Crippen LogP contribution in [-0.2, 0) is 0 Å². The van der Waals surface area contributed by atoms with E-state index in [4.69, 9.17) is 16.7 Å². The molecule has 118 valence electrons. The summed E-state index contributed by atoms with van der Waals surface area (Å²) >= 11 is 5.66. The molecule has 23 heavy (non-hydrogen) atoms. The van der Waals surface area contributed by atoms with Crippen LogP contribution in [0.4, 0.5) is 11.4 Å². The Morgan fingerprint density at radius 3 is 2.48 bits per heavy atom. The van der Waals surface area contributed by atoms with E-state index in [2.05, 4.69) is 5.32 Å². The van der Waals surface area contributed by atoms with Gasteiger partial charge in [0.05, 0.1) is 16.2 Å². The van der Waals surface area contributed by atoms with E-state index >= 15 is 0 Å². The lowest BCUT2D eigenvalue weighted by molar-refractivity contribution is -0.384. The minimum Gasteiger partial charge on any atom is -0.508 e. The molecule has 0 saturated heterocycles. The van der Waals surface area contributed by atoms with Crippen molar-refractivity contribution in [1.29, 1.82) is 0 Å². The van der Waals surface area contributed by atoms with Gasteiger partial charge in [0.2, 0.25) is 0 Å². The SMILES string of the molecule is O=C(Nc1ccc(O)cc1C(=O)O)c1ccc(Cl)c([N+](=O)[O-])c1. The minimum absolute atomic E-state index is 0.0575. The number of carboxylic acids is 1. The van der Waals surface area contributed by atoms with E-state index in [1.807, 2.05) is 0 Å². The van der Waals surface area contributed by atoms with Crippen LogP contribution in [0.3, 0.4) is 0 Å². The molecule has 0 radical (unpaired) electrons. The number of phenolic OH excluding ortho intramolecular Hbond substituents is 1. The molecule has 0 atom stereocenters. The lowest BCUT2D eigenvalue weighted by Gasteiger charge is -2.09. The zero-order valence-electron chi connectivity index (χ0n) is 11.3. The number of amides is 1. The molecule has 9 heteroatoms. The van der Waals surface area contributed by atoms with Crippen molar-refractivity contribution in [2.45, 2.75) is 0 Å². The second-order valence-corrected chi connectivity index (χ2v) is 4.82. The fraction of sp³-hybridized carbons (Fsp3) is 0. The van der Waals surface area contributed by atoms with Gasteiger partial charge < -0.3 is 15.5 Å². The molecule has 0 aliphatic rings. The number of nitrogens with one attached hydrogen (secondary N) is 1. The summed E-state index contributed by atoms with van der Waals surface area (Å²) in [6, 6.07) is 6.84. The van der Waals surface area contributed by atoms with Crippen molar-refractivity contribution in [3.05, 3.63) is 62.7 Å². The number of halogens is 1. The van der Waals surface area contributed by atoms with Gasteiger partial charge in [-0.1, -0.05) is 11.6 Å². The molecule has 0 fully saturated rings. The van der Waals surface area contributed by atoms with Crippen molar-refractivity contribution in [3.63, 3.8) is 0 Å². The average molecular weight is 337 g/mol. The number of nitro groups is 1. The van der Waals surface area contributed by atoms with Crippen molar-refractivity contribution in [2.24, 2.45) is 0 Å². The Hall–Kier alpha value is -3.13. The van der Waals surface area contributed by atoms with Crippen molar-refractivity contribution >= 4 is 34.9 Å². The van der Waals surface area contributed by atoms with E-state index in [0.29, 0.717) is 0 Å². The van der Waals surface area contributed by atoms with Gasteiger partial charge in [0, 0.05) is 11.6 Å². The highest BCUT2D eigenvalue weighted by Gasteiger charge is 2.18. The molecule has 3 N–H and O–H groups in total. The molecule has 0 saturated carbocycles. The molecule has 2 aromatic rings. The minimum atomic E-state index is -1.35. The third-order valence-corrected chi connectivity index (χ3v) is 3.21. The van der Waals surface area contributed by atoms with Gasteiger partial charge in [0.15, 0.2) is 0 Å². The van der Waals surface area contributed by atoms with E-state index < -0.39 is 22.5 Å². The van der Waals surface area contributed by atoms with Gasteiger partial charge in [-0.15, -0.1) is 0 Å². The maximum atomic E-state index is 12.1. The number of anilines is 1. The highest BCUT2D eigenvalue weighted by Crippen LogP contribution is 2.26. The molecule has 2 aromatic carbocycles. The van der Waals surface area contributed by atoms with Crippen LogP contribution in [0.25, 0.3) is 0 Å². The molecule has 8 nitrogen and oxygen atoms in total. The topological polar surface area (TPSA) is 130 Å². The molecule has 0 aliphatic carbocycles. The van der Waals surface area contributed by atoms with E-state index in [9.17, 15) is 24.8 Å². The molecule has 0 unspecified atom stereocenters. The van der Waals surface area contributed by atoms with Gasteiger partial charge in [-0.3, -0.25) is 14.9 Å². The Kier molecular flexibility index (Phi) is 4.47. The summed E-state index contributed by atoms with van der Waals surface area (Å²) in [5.74, 6) is -2.38. The van der Waals surface area contributed by atoms with Crippen molar-refractivity contribution < 1.29 is 24.7 Å². The van der Waals surface area contributed by atoms with E-state index in [-0.39, 0.29) is 27.6 Å². The molecule has 0 spiro atoms. The second kappa shape index (κ2) is 6.32. The number of carbonyl (C=O) groups is 2. The van der Waals surface area contributed by atoms with Crippen LogP contribution in [0.1, 0.15) is 20.7 Å². The van der Waals surface area contributed by atoms with Crippen LogP contribution < -0.4 is 5.32 Å². The van der Waals surface area contributed by atoms with Gasteiger partial charge in [0.25, 0.3) is 11.6 Å². The molecule has 0 aliphatic heterocycles. The van der Waals surface area contributed by atoms with Crippen LogP contribution in [0.15, 0.2) is 36.4 Å². The lowest BCUT2D eigenvalue weighted by atomic mass is 10.1. The quantitative estimate of drug-likeness (QED) is 0.447. The van der Waals surface area contributed by atoms with Crippen LogP contribution in [0, 0.1) is 10.1 Å². The first-order chi connectivity index (χ1) is 10.8. The predicted octanol–water partition coefficient (Wildman–Crippen LogP) is 2.90. The number of hydrogen-bond acceptors (Lipinski definition) is 5. The first-order valence-electron chi connectivity index (χ1n) is 6.11. The predicted molar refractivity (Wildman–Crippen MR) is 81.1 cm³/mol. The molecular formula is C14H9ClN2O6. The van der Waals surface area contributed by atoms with Crippen molar-refractivity contribution in [2.75, 3.05) is 5.32 Å². The summed E-state index contributed by atoms with van der Waals surface area (Å²) in [5, 5.41) is 31.4. The number of rotatable bonds is 4. The largest absolute Gasteiger partial charge is 0.508 e. The molecule has 0 bridgehead atoms. The van der Waals surface area contributed by atoms with Crippen LogP contribution >= 0.6 is 11.6 Å². The average Bonchev–Trinajstić information content (AvgIpc) is 2.48. The number of carboxylic acid groups (broad SMARTS) is 1. The van der Waals surface area contributed by atoms with Crippen LogP contribution in [0.2, 0.25) is 5.02 Å². The summed E-state index contributed by atoms with van der Waals surface area (Å²) < 4.78 is 0. The fourth-order valence-electron chi connectivity index (χ4n) is 1.81. The Morgan fingerprint density at radius 1 is 1.17 bits per heavy atom. The Morgan fingerprint density at radius 2 is 1.87 bits per heavy atom. The number of carbonyl (C=O) groups excluding carboxylic acids is 1. The monoisotopic (exact) mass is 336 g/mol. The third-order valence-electron chi connectivity index (χ3n) is 2.89. The number of nitro benzene ring substituents is 1. The number of aromatic carboxylic acids is 1. The normalized spacial score (nSPS) is 10.1. The summed E-state index contributed by atoms with van der Waals surface area (Å²) in [6.45, 7) is 0. The van der Waals surface area contributed by atoms with Crippen LogP contribution in [0.5, 0.6) is 5.75 Å². The Labute approximate surface area is 134 Å². The number of benzene rings is 2. The Bertz CT molecular complexity index is 821. The summed E-state index contributed by atoms with van der Waals surface area (Å²) in [4.78, 5) is 33.3. The number of nitrogens with zero attached hydrogens (tertiary/aromatic N) is 1. The molecular weight excluding hydrogens is 328 g/mol. The molecule has 0 aromatic heterocycles. The standard InChI is InChI=1S/C14H9ClN2O6/c15-10-3-1-7(5-12(10)17(22)23)13(19)16-11-4-2-8(18)6-9(11)14(20)21/h1-6,18H,(H,16,19)(H,20,21). The number of hydrogen-bond donors (Lipinski definition) is 3. The van der Waals surface area contributed by atoms with Crippen LogP contribution in [-0.4, -0.2) is 27.0 Å². The van der Waals surface area contributed by atoms with Gasteiger partial charge in [-0.2, -0.15) is 0 Å². The third kappa shape index (κ3) is 3.55. The van der Waals surface area contributed by atoms with Gasteiger partial charge in [-0.05, 0) is 30.3 Å². The first kappa shape index (κ1) is 16.2. The highest BCUT2D eigenvalue weighted by atomic mass is 35.5. The Balaban J connectivity index is 2.35. The van der Waals surface area contributed by atoms with Gasteiger partial charge in [-0.25, -0.2) is 4.79 Å². The zero-order chi connectivity index (χ0) is 17.1. The fourth-order valence-corrected chi connectivity index (χ4v) is 1.99. The maximum Gasteiger partial charge on any atom is 0.337 e. The molecule has 2 rings (SSSR count). The van der Waals surface area contributed by atoms with Crippen molar-refractivity contribution in [1.82, 2.24) is 0 Å². The summed E-state index contributed by atoms with van der Waals surface area (Å²) in [5.41, 5.74) is -0.881. The summed E-state index contributed by atoms with van der Waals surface area (Å²) in [7, 11) is 0. The number of phenols is 1. The molecule has 1 amide bonds. The molecule has 0 heterocycles. The van der Waals surface area contributed by atoms with Crippen molar-refractivity contribution in [3.8, 4) is 5.75 Å². The van der Waals surface area contributed by atoms with E-state index in [1.54, 1.807) is 0 Å². The lowest BCUT2D eigenvalue weighted by Crippen LogP contribution is -2.15.